The first-order valence-corrected chi connectivity index (χ1v) is 7.88. The lowest BCUT2D eigenvalue weighted by Gasteiger charge is -2.15. The molecule has 0 spiro atoms. The summed E-state index contributed by atoms with van der Waals surface area (Å²) in [5, 5.41) is 3.55. The Morgan fingerprint density at radius 1 is 1.14 bits per heavy atom. The predicted octanol–water partition coefficient (Wildman–Crippen LogP) is 4.66. The van der Waals surface area contributed by atoms with Crippen molar-refractivity contribution in [2.24, 2.45) is 0 Å². The number of aryl methyl sites for hydroxylation is 2. The summed E-state index contributed by atoms with van der Waals surface area (Å²) in [6, 6.07) is 10.4. The van der Waals surface area contributed by atoms with Crippen LogP contribution in [0.1, 0.15) is 23.6 Å². The van der Waals surface area contributed by atoms with Crippen LogP contribution in [0.4, 0.5) is 5.69 Å². The van der Waals surface area contributed by atoms with Crippen LogP contribution in [-0.4, -0.2) is 6.79 Å². The Balaban J connectivity index is 1.83. The molecule has 1 heterocycles. The fourth-order valence-electron chi connectivity index (χ4n) is 2.55. The van der Waals surface area contributed by atoms with Crippen LogP contribution in [0.15, 0.2) is 34.8 Å². The second-order valence-corrected chi connectivity index (χ2v) is 5.97. The first-order chi connectivity index (χ1) is 10.2. The Kier molecular flexibility index (Phi) is 4.06. The number of anilines is 1. The number of para-hydroxylation sites is 1. The Morgan fingerprint density at radius 3 is 2.67 bits per heavy atom. The zero-order chi connectivity index (χ0) is 14.8. The molecule has 0 bridgehead atoms. The van der Waals surface area contributed by atoms with Crippen molar-refractivity contribution in [3.8, 4) is 11.5 Å². The van der Waals surface area contributed by atoms with Crippen molar-refractivity contribution in [2.75, 3.05) is 12.1 Å². The molecular formula is C17H18BrNO2. The lowest BCUT2D eigenvalue weighted by molar-refractivity contribution is 0.174. The van der Waals surface area contributed by atoms with Crippen molar-refractivity contribution in [1.29, 1.82) is 0 Å². The molecule has 0 aromatic heterocycles. The van der Waals surface area contributed by atoms with Crippen LogP contribution in [0.25, 0.3) is 0 Å². The standard InChI is InChI=1S/C17H18BrNO2/c1-3-12-6-4-5-11(2)17(12)19-9-13-7-15-16(8-14(13)18)21-10-20-15/h4-8,19H,3,9-10H2,1-2H3. The number of nitrogens with one attached hydrogen (secondary N) is 1. The van der Waals surface area contributed by atoms with E-state index in [2.05, 4.69) is 53.3 Å². The van der Waals surface area contributed by atoms with E-state index in [1.165, 1.54) is 16.8 Å². The molecule has 1 aliphatic heterocycles. The van der Waals surface area contributed by atoms with E-state index >= 15 is 0 Å². The highest BCUT2D eigenvalue weighted by Gasteiger charge is 2.16. The van der Waals surface area contributed by atoms with Crippen molar-refractivity contribution in [1.82, 2.24) is 0 Å². The van der Waals surface area contributed by atoms with Gasteiger partial charge in [-0.15, -0.1) is 0 Å². The largest absolute Gasteiger partial charge is 0.454 e. The van der Waals surface area contributed by atoms with Gasteiger partial charge in [0.1, 0.15) is 0 Å². The molecule has 0 saturated carbocycles. The van der Waals surface area contributed by atoms with E-state index in [1.807, 2.05) is 12.1 Å². The average molecular weight is 348 g/mol. The molecular weight excluding hydrogens is 330 g/mol. The van der Waals surface area contributed by atoms with E-state index in [1.54, 1.807) is 0 Å². The normalized spacial score (nSPS) is 12.5. The third kappa shape index (κ3) is 2.86. The highest BCUT2D eigenvalue weighted by atomic mass is 79.9. The number of halogens is 1. The van der Waals surface area contributed by atoms with Gasteiger partial charge in [0.05, 0.1) is 0 Å². The fraction of sp³-hybridized carbons (Fsp3) is 0.294. The van der Waals surface area contributed by atoms with Crippen molar-refractivity contribution in [3.05, 3.63) is 51.5 Å². The van der Waals surface area contributed by atoms with Gasteiger partial charge in [0.2, 0.25) is 6.79 Å². The fourth-order valence-corrected chi connectivity index (χ4v) is 3.02. The molecule has 0 fully saturated rings. The Morgan fingerprint density at radius 2 is 1.90 bits per heavy atom. The van der Waals surface area contributed by atoms with E-state index in [9.17, 15) is 0 Å². The first kappa shape index (κ1) is 14.3. The van der Waals surface area contributed by atoms with E-state index in [0.29, 0.717) is 6.79 Å². The van der Waals surface area contributed by atoms with Gasteiger partial charge >= 0.3 is 0 Å². The summed E-state index contributed by atoms with van der Waals surface area (Å²) in [5.41, 5.74) is 4.99. The molecule has 3 rings (SSSR count). The van der Waals surface area contributed by atoms with Gasteiger partial charge in [-0.3, -0.25) is 0 Å². The summed E-state index contributed by atoms with van der Waals surface area (Å²) in [6.07, 6.45) is 1.02. The van der Waals surface area contributed by atoms with Gasteiger partial charge < -0.3 is 14.8 Å². The summed E-state index contributed by atoms with van der Waals surface area (Å²) in [7, 11) is 0. The van der Waals surface area contributed by atoms with Crippen LogP contribution in [0.3, 0.4) is 0 Å². The molecule has 0 aliphatic carbocycles. The van der Waals surface area contributed by atoms with Gasteiger partial charge in [0.15, 0.2) is 11.5 Å². The van der Waals surface area contributed by atoms with Gasteiger partial charge in [-0.2, -0.15) is 0 Å². The van der Waals surface area contributed by atoms with Crippen LogP contribution in [0.2, 0.25) is 0 Å². The Labute approximate surface area is 133 Å². The number of rotatable bonds is 4. The van der Waals surface area contributed by atoms with Crippen LogP contribution in [0, 0.1) is 6.92 Å². The quantitative estimate of drug-likeness (QED) is 0.872. The molecule has 0 unspecified atom stereocenters. The molecule has 0 amide bonds. The lowest BCUT2D eigenvalue weighted by Crippen LogP contribution is -2.04. The minimum Gasteiger partial charge on any atom is -0.454 e. The number of ether oxygens (including phenoxy) is 2. The van der Waals surface area contributed by atoms with E-state index in [0.717, 1.165) is 34.5 Å². The molecule has 0 radical (unpaired) electrons. The van der Waals surface area contributed by atoms with Crippen molar-refractivity contribution >= 4 is 21.6 Å². The summed E-state index contributed by atoms with van der Waals surface area (Å²) in [6.45, 7) is 5.36. The third-order valence-corrected chi connectivity index (χ3v) is 4.48. The molecule has 110 valence electrons. The van der Waals surface area contributed by atoms with Gasteiger partial charge in [0, 0.05) is 16.7 Å². The number of hydrogen-bond donors (Lipinski definition) is 1. The minimum atomic E-state index is 0.302. The molecule has 4 heteroatoms. The van der Waals surface area contributed by atoms with Crippen molar-refractivity contribution in [3.63, 3.8) is 0 Å². The van der Waals surface area contributed by atoms with Gasteiger partial charge in [-0.25, -0.2) is 0 Å². The molecule has 1 N–H and O–H groups in total. The number of benzene rings is 2. The van der Waals surface area contributed by atoms with Crippen LogP contribution in [0.5, 0.6) is 11.5 Å². The molecule has 2 aromatic carbocycles. The molecule has 2 aromatic rings. The smallest absolute Gasteiger partial charge is 0.231 e. The molecule has 3 nitrogen and oxygen atoms in total. The van der Waals surface area contributed by atoms with Crippen LogP contribution < -0.4 is 14.8 Å². The van der Waals surface area contributed by atoms with E-state index < -0.39 is 0 Å². The third-order valence-electron chi connectivity index (χ3n) is 3.74. The maximum atomic E-state index is 5.44. The lowest BCUT2D eigenvalue weighted by atomic mass is 10.1. The maximum Gasteiger partial charge on any atom is 0.231 e. The van der Waals surface area contributed by atoms with Gasteiger partial charge in [-0.05, 0) is 42.2 Å². The highest BCUT2D eigenvalue weighted by molar-refractivity contribution is 9.10. The minimum absolute atomic E-state index is 0.302. The number of fused-ring (bicyclic) bond motifs is 1. The summed E-state index contributed by atoms with van der Waals surface area (Å²) in [4.78, 5) is 0. The van der Waals surface area contributed by atoms with E-state index in [4.69, 9.17) is 9.47 Å². The maximum absolute atomic E-state index is 5.44. The van der Waals surface area contributed by atoms with E-state index in [-0.39, 0.29) is 0 Å². The Hall–Kier alpha value is -1.68. The van der Waals surface area contributed by atoms with Crippen LogP contribution in [-0.2, 0) is 13.0 Å². The summed E-state index contributed by atoms with van der Waals surface area (Å²) >= 11 is 3.60. The molecule has 21 heavy (non-hydrogen) atoms. The zero-order valence-electron chi connectivity index (χ0n) is 12.2. The molecule has 1 aliphatic rings. The molecule has 0 atom stereocenters. The summed E-state index contributed by atoms with van der Waals surface area (Å²) < 4.78 is 11.9. The van der Waals surface area contributed by atoms with Gasteiger partial charge in [-0.1, -0.05) is 41.1 Å². The topological polar surface area (TPSA) is 30.5 Å². The Bertz CT molecular complexity index is 670. The first-order valence-electron chi connectivity index (χ1n) is 7.09. The van der Waals surface area contributed by atoms with Crippen molar-refractivity contribution < 1.29 is 9.47 Å². The predicted molar refractivity (Wildman–Crippen MR) is 88.1 cm³/mol. The summed E-state index contributed by atoms with van der Waals surface area (Å²) in [5.74, 6) is 1.62. The molecule has 0 saturated heterocycles. The second kappa shape index (κ2) is 5.98. The monoisotopic (exact) mass is 347 g/mol. The second-order valence-electron chi connectivity index (χ2n) is 5.11. The van der Waals surface area contributed by atoms with Gasteiger partial charge in [0.25, 0.3) is 0 Å². The SMILES string of the molecule is CCc1cccc(C)c1NCc1cc2c(cc1Br)OCO2. The van der Waals surface area contributed by atoms with Crippen LogP contribution >= 0.6 is 15.9 Å². The number of hydrogen-bond acceptors (Lipinski definition) is 3. The highest BCUT2D eigenvalue weighted by Crippen LogP contribution is 2.37. The zero-order valence-corrected chi connectivity index (χ0v) is 13.8. The average Bonchev–Trinajstić information content (AvgIpc) is 2.92. The van der Waals surface area contributed by atoms with Crippen molar-refractivity contribution in [2.45, 2.75) is 26.8 Å².